The monoisotopic (exact) mass is 396 g/mol. The molecule has 0 unspecified atom stereocenters. The van der Waals surface area contributed by atoms with Crippen molar-refractivity contribution in [2.45, 2.75) is 20.4 Å². The second-order valence-corrected chi connectivity index (χ2v) is 7.18. The summed E-state index contributed by atoms with van der Waals surface area (Å²) in [5.41, 5.74) is 7.07. The van der Waals surface area contributed by atoms with E-state index in [0.29, 0.717) is 18.1 Å². The molecule has 3 aromatic heterocycles. The smallest absolute Gasteiger partial charge is 0.326 e. The van der Waals surface area contributed by atoms with Gasteiger partial charge in [0.25, 0.3) is 0 Å². The quantitative estimate of drug-likeness (QED) is 0.477. The number of H-pyrrole nitrogens is 2. The largest absolute Gasteiger partial charge is 0.336 e. The zero-order valence-electron chi connectivity index (χ0n) is 16.7. The lowest BCUT2D eigenvalue weighted by molar-refractivity contribution is 0.753. The van der Waals surface area contributed by atoms with E-state index in [-0.39, 0.29) is 5.69 Å². The van der Waals surface area contributed by atoms with Crippen LogP contribution >= 0.6 is 0 Å². The molecule has 0 amide bonds. The van der Waals surface area contributed by atoms with Crippen LogP contribution in [0.2, 0.25) is 0 Å². The summed E-state index contributed by atoms with van der Waals surface area (Å²) in [4.78, 5) is 31.9. The number of fused-ring (bicyclic) bond motifs is 1. The first-order valence-electron chi connectivity index (χ1n) is 9.80. The van der Waals surface area contributed by atoms with E-state index in [1.807, 2.05) is 37.3 Å². The van der Waals surface area contributed by atoms with Gasteiger partial charge in [0, 0.05) is 30.1 Å². The van der Waals surface area contributed by atoms with Crippen LogP contribution in [0, 0.1) is 6.92 Å². The lowest BCUT2D eigenvalue weighted by Gasteiger charge is -2.06. The van der Waals surface area contributed by atoms with Gasteiger partial charge < -0.3 is 9.97 Å². The summed E-state index contributed by atoms with van der Waals surface area (Å²) < 4.78 is 1.73. The third kappa shape index (κ3) is 3.00. The molecule has 0 fully saturated rings. The number of hydrogen-bond acceptors (Lipinski definition) is 4. The fourth-order valence-corrected chi connectivity index (χ4v) is 3.75. The number of aromatic nitrogens is 6. The minimum atomic E-state index is -0.103. The molecule has 148 valence electrons. The van der Waals surface area contributed by atoms with Gasteiger partial charge in [-0.2, -0.15) is 0 Å². The van der Waals surface area contributed by atoms with Gasteiger partial charge in [0.15, 0.2) is 5.82 Å². The molecule has 7 heteroatoms. The Kier molecular flexibility index (Phi) is 4.28. The second kappa shape index (κ2) is 7.11. The molecule has 0 saturated heterocycles. The number of nitrogens with one attached hydrogen (secondary N) is 2. The van der Waals surface area contributed by atoms with Crippen molar-refractivity contribution in [1.29, 1.82) is 0 Å². The van der Waals surface area contributed by atoms with Crippen molar-refractivity contribution in [1.82, 2.24) is 29.5 Å². The maximum atomic E-state index is 12.2. The van der Waals surface area contributed by atoms with Gasteiger partial charge in [-0.25, -0.2) is 14.8 Å². The summed E-state index contributed by atoms with van der Waals surface area (Å²) in [6, 6.07) is 14.2. The van der Waals surface area contributed by atoms with Crippen LogP contribution < -0.4 is 5.69 Å². The predicted octanol–water partition coefficient (Wildman–Crippen LogP) is 4.17. The lowest BCUT2D eigenvalue weighted by Crippen LogP contribution is -2.14. The first-order chi connectivity index (χ1) is 14.6. The Morgan fingerprint density at radius 1 is 1.03 bits per heavy atom. The van der Waals surface area contributed by atoms with Crippen LogP contribution in [0.1, 0.15) is 12.5 Å². The summed E-state index contributed by atoms with van der Waals surface area (Å²) in [6.07, 6.45) is 4.97. The summed E-state index contributed by atoms with van der Waals surface area (Å²) in [6.45, 7) is 4.62. The van der Waals surface area contributed by atoms with Gasteiger partial charge in [0.05, 0.1) is 28.6 Å². The van der Waals surface area contributed by atoms with Crippen molar-refractivity contribution in [3.8, 4) is 34.0 Å². The molecule has 2 aromatic carbocycles. The summed E-state index contributed by atoms with van der Waals surface area (Å²) >= 11 is 0. The van der Waals surface area contributed by atoms with E-state index in [1.54, 1.807) is 23.2 Å². The number of aromatic amines is 2. The van der Waals surface area contributed by atoms with Crippen LogP contribution in [-0.2, 0) is 6.54 Å². The van der Waals surface area contributed by atoms with Crippen molar-refractivity contribution in [2.75, 3.05) is 0 Å². The van der Waals surface area contributed by atoms with Gasteiger partial charge >= 0.3 is 5.69 Å². The molecule has 30 heavy (non-hydrogen) atoms. The van der Waals surface area contributed by atoms with Crippen molar-refractivity contribution in [3.63, 3.8) is 0 Å². The van der Waals surface area contributed by atoms with Crippen molar-refractivity contribution in [2.24, 2.45) is 0 Å². The summed E-state index contributed by atoms with van der Waals surface area (Å²) in [7, 11) is 0. The number of nitrogens with zero attached hydrogens (tertiary/aromatic N) is 4. The molecule has 0 radical (unpaired) electrons. The number of benzene rings is 2. The summed E-state index contributed by atoms with van der Waals surface area (Å²) in [5.74, 6) is 0.650. The molecular formula is C23H20N6O. The van der Waals surface area contributed by atoms with Gasteiger partial charge in [-0.05, 0) is 32.0 Å². The number of hydrogen-bond donors (Lipinski definition) is 2. The van der Waals surface area contributed by atoms with Gasteiger partial charge in [0.1, 0.15) is 5.69 Å². The van der Waals surface area contributed by atoms with E-state index < -0.39 is 0 Å². The molecule has 3 heterocycles. The van der Waals surface area contributed by atoms with E-state index in [0.717, 1.165) is 39.1 Å². The molecule has 2 N–H and O–H groups in total. The fraction of sp³-hybridized carbons (Fsp3) is 0.130. The Morgan fingerprint density at radius 2 is 1.93 bits per heavy atom. The standard InChI is InChI=1S/C23H20N6O/c1-3-29-19-12-16(7-8-17(19)26-23(29)30)21-20(15-6-4-5-14(2)11-15)27-22(28-21)18-13-24-9-10-25-18/h4-13H,3H2,1-2H3,(H,26,30)(H,27,28). The lowest BCUT2D eigenvalue weighted by atomic mass is 10.0. The van der Waals surface area contributed by atoms with E-state index in [2.05, 4.69) is 39.0 Å². The van der Waals surface area contributed by atoms with Crippen LogP contribution in [0.4, 0.5) is 0 Å². The topological polar surface area (TPSA) is 92.2 Å². The van der Waals surface area contributed by atoms with Crippen LogP contribution in [0.25, 0.3) is 45.1 Å². The molecule has 7 nitrogen and oxygen atoms in total. The minimum absolute atomic E-state index is 0.103. The number of imidazole rings is 2. The van der Waals surface area contributed by atoms with Crippen LogP contribution in [0.5, 0.6) is 0 Å². The number of aryl methyl sites for hydroxylation is 2. The van der Waals surface area contributed by atoms with Gasteiger partial charge in [0.2, 0.25) is 0 Å². The first-order valence-corrected chi connectivity index (χ1v) is 9.80. The Bertz CT molecular complexity index is 1410. The molecule has 0 aliphatic rings. The molecule has 0 saturated carbocycles. The maximum Gasteiger partial charge on any atom is 0.326 e. The van der Waals surface area contributed by atoms with E-state index >= 15 is 0 Å². The minimum Gasteiger partial charge on any atom is -0.336 e. The summed E-state index contributed by atoms with van der Waals surface area (Å²) in [5, 5.41) is 0. The highest BCUT2D eigenvalue weighted by Crippen LogP contribution is 2.34. The Labute approximate surface area is 172 Å². The van der Waals surface area contributed by atoms with Gasteiger partial charge in [-0.1, -0.05) is 29.8 Å². The van der Waals surface area contributed by atoms with E-state index in [1.165, 1.54) is 0 Å². The average Bonchev–Trinajstić information content (AvgIpc) is 3.34. The second-order valence-electron chi connectivity index (χ2n) is 7.18. The highest BCUT2D eigenvalue weighted by atomic mass is 16.1. The Hall–Kier alpha value is -4.00. The molecular weight excluding hydrogens is 376 g/mol. The predicted molar refractivity (Wildman–Crippen MR) is 117 cm³/mol. The van der Waals surface area contributed by atoms with Gasteiger partial charge in [-0.15, -0.1) is 0 Å². The van der Waals surface area contributed by atoms with Crippen molar-refractivity contribution < 1.29 is 0 Å². The zero-order valence-corrected chi connectivity index (χ0v) is 16.7. The Morgan fingerprint density at radius 3 is 2.70 bits per heavy atom. The molecule has 0 atom stereocenters. The van der Waals surface area contributed by atoms with Crippen molar-refractivity contribution >= 4 is 11.0 Å². The third-order valence-corrected chi connectivity index (χ3v) is 5.18. The van der Waals surface area contributed by atoms with Crippen molar-refractivity contribution in [3.05, 3.63) is 77.1 Å². The van der Waals surface area contributed by atoms with Gasteiger partial charge in [-0.3, -0.25) is 9.55 Å². The molecule has 5 rings (SSSR count). The Balaban J connectivity index is 1.75. The van der Waals surface area contributed by atoms with Crippen LogP contribution in [0.15, 0.2) is 65.8 Å². The highest BCUT2D eigenvalue weighted by molar-refractivity contribution is 5.87. The number of rotatable bonds is 4. The SMILES string of the molecule is CCn1c(=O)[nH]c2ccc(-c3[nH]c(-c4cnccn4)nc3-c3cccc(C)c3)cc21. The molecule has 0 spiro atoms. The van der Waals surface area contributed by atoms with E-state index in [9.17, 15) is 4.79 Å². The molecule has 5 aromatic rings. The van der Waals surface area contributed by atoms with E-state index in [4.69, 9.17) is 4.98 Å². The maximum absolute atomic E-state index is 12.2. The molecule has 0 aliphatic carbocycles. The fourth-order valence-electron chi connectivity index (χ4n) is 3.75. The van der Waals surface area contributed by atoms with Crippen LogP contribution in [0.3, 0.4) is 0 Å². The molecule has 0 aliphatic heterocycles. The molecule has 0 bridgehead atoms. The zero-order chi connectivity index (χ0) is 20.7. The average molecular weight is 396 g/mol. The normalized spacial score (nSPS) is 11.3. The third-order valence-electron chi connectivity index (χ3n) is 5.18. The van der Waals surface area contributed by atoms with Crippen LogP contribution in [-0.4, -0.2) is 29.5 Å². The highest BCUT2D eigenvalue weighted by Gasteiger charge is 2.17. The first kappa shape index (κ1) is 18.1.